The first-order chi connectivity index (χ1) is 36.3. The molecule has 2 aliphatic heterocycles. The Balaban J connectivity index is 0.927. The molecule has 0 aromatic heterocycles. The second-order valence-electron chi connectivity index (χ2n) is 19.6. The fourth-order valence-corrected chi connectivity index (χ4v) is 24.2. The molecule has 7 atom stereocenters. The number of esters is 4. The number of benzene rings is 2. The average molecular weight is 1160 g/mol. The lowest BCUT2D eigenvalue weighted by atomic mass is 9.96. The molecule has 2 heterocycles. The fraction of sp³-hybridized carbons (Fsp3) is 0.571. The third kappa shape index (κ3) is 15.5. The first kappa shape index (κ1) is 62.2. The molecule has 76 heavy (non-hydrogen) atoms. The van der Waals surface area contributed by atoms with E-state index in [0.717, 1.165) is 88.2 Å². The molecule has 4 bridgehead atoms. The van der Waals surface area contributed by atoms with Gasteiger partial charge in [-0.05, 0) is 95.7 Å². The quantitative estimate of drug-likeness (QED) is 0.0171. The minimum Gasteiger partial charge on any atom is -0.459 e. The predicted molar refractivity (Wildman–Crippen MR) is 307 cm³/mol. The standard InChI is InChI=1S/C56H76O14P2S4/c1-8-68-71(61,62)55(73-39-43-19-23-45(24-20-43)51(59)66-35-33-64-49(57)41(4)5)47-27-31-53(37-47,75-55)29-17-15-13-11-12-14-16-18-30-54-32-28-48(38-54)56(76-54,72(63,69-9-2)70-10-3)74-40-44-21-25-46(26-22-44)52(60)67-36-34-65-50(58)42(6)7/h19-28,31-32,47-48H,4,6,8-18,29-30,33-40H2,1-3,5,7H3,(H,61,62). The molecule has 2 aliphatic carbocycles. The summed E-state index contributed by atoms with van der Waals surface area (Å²) in [6.45, 7) is 16.0. The highest BCUT2D eigenvalue weighted by Gasteiger charge is 2.68. The maximum atomic E-state index is 14.8. The Kier molecular flexibility index (Phi) is 23.2. The molecule has 2 saturated heterocycles. The number of allylic oxidation sites excluding steroid dienone is 2. The summed E-state index contributed by atoms with van der Waals surface area (Å²) in [5, 5.41) is 0. The highest BCUT2D eigenvalue weighted by atomic mass is 32.2. The zero-order valence-electron chi connectivity index (χ0n) is 44.6. The van der Waals surface area contributed by atoms with Crippen LogP contribution in [-0.4, -0.2) is 92.2 Å². The number of unbranched alkanes of at least 4 members (excludes halogenated alkanes) is 7. The van der Waals surface area contributed by atoms with Crippen LogP contribution in [0.5, 0.6) is 0 Å². The molecule has 14 nitrogen and oxygen atoms in total. The molecule has 2 aromatic rings. The Hall–Kier alpha value is -3.02. The summed E-state index contributed by atoms with van der Waals surface area (Å²) in [6.07, 6.45) is 21.4. The molecule has 1 N–H and O–H groups in total. The van der Waals surface area contributed by atoms with Gasteiger partial charge in [0, 0.05) is 44.0 Å². The van der Waals surface area contributed by atoms with Gasteiger partial charge in [-0.15, -0.1) is 47.0 Å². The lowest BCUT2D eigenvalue weighted by Gasteiger charge is -2.40. The van der Waals surface area contributed by atoms with Crippen LogP contribution < -0.4 is 0 Å². The van der Waals surface area contributed by atoms with E-state index < -0.39 is 46.7 Å². The molecule has 0 spiro atoms. The summed E-state index contributed by atoms with van der Waals surface area (Å²) < 4.78 is 65.0. The van der Waals surface area contributed by atoms with Crippen molar-refractivity contribution < 1.29 is 65.7 Å². The van der Waals surface area contributed by atoms with E-state index in [-0.39, 0.29) is 78.7 Å². The zero-order valence-corrected chi connectivity index (χ0v) is 49.7. The third-order valence-corrected chi connectivity index (χ3v) is 28.4. The number of rotatable bonds is 35. The molecule has 6 rings (SSSR count). The van der Waals surface area contributed by atoms with E-state index in [0.29, 0.717) is 22.6 Å². The maximum absolute atomic E-state index is 14.8. The van der Waals surface area contributed by atoms with E-state index in [1.165, 1.54) is 11.8 Å². The van der Waals surface area contributed by atoms with Gasteiger partial charge in [-0.3, -0.25) is 9.13 Å². The molecule has 7 unspecified atom stereocenters. The Bertz CT molecular complexity index is 2510. The minimum absolute atomic E-state index is 0.00498. The van der Waals surface area contributed by atoms with E-state index in [1.807, 2.05) is 38.1 Å². The van der Waals surface area contributed by atoms with Crippen LogP contribution in [0.3, 0.4) is 0 Å². The van der Waals surface area contributed by atoms with E-state index in [9.17, 15) is 33.2 Å². The monoisotopic (exact) mass is 1160 g/mol. The van der Waals surface area contributed by atoms with Gasteiger partial charge in [-0.1, -0.05) is 113 Å². The van der Waals surface area contributed by atoms with Gasteiger partial charge >= 0.3 is 39.1 Å². The number of fused-ring (bicyclic) bond motifs is 4. The van der Waals surface area contributed by atoms with Crippen molar-refractivity contribution in [2.75, 3.05) is 46.2 Å². The molecule has 0 amide bonds. The molecule has 4 aliphatic rings. The molecular formula is C56H76O14P2S4. The van der Waals surface area contributed by atoms with Crippen molar-refractivity contribution in [3.8, 4) is 0 Å². The van der Waals surface area contributed by atoms with Gasteiger partial charge < -0.3 is 37.4 Å². The lowest BCUT2D eigenvalue weighted by molar-refractivity contribution is -0.140. The molecular weight excluding hydrogens is 1090 g/mol. The summed E-state index contributed by atoms with van der Waals surface area (Å²) in [7, 11) is -7.65. The highest BCUT2D eigenvalue weighted by Crippen LogP contribution is 2.82. The van der Waals surface area contributed by atoms with Crippen molar-refractivity contribution in [3.05, 3.63) is 119 Å². The van der Waals surface area contributed by atoms with Crippen molar-refractivity contribution >= 4 is 86.1 Å². The number of carbonyl (C=O) groups is 4. The zero-order chi connectivity index (χ0) is 55.0. The van der Waals surface area contributed by atoms with Crippen molar-refractivity contribution in [3.63, 3.8) is 0 Å². The van der Waals surface area contributed by atoms with Crippen LogP contribution in [-0.2, 0) is 62.7 Å². The van der Waals surface area contributed by atoms with Crippen LogP contribution >= 0.6 is 62.2 Å². The second kappa shape index (κ2) is 28.4. The molecule has 418 valence electrons. The summed E-state index contributed by atoms with van der Waals surface area (Å²) in [6, 6.07) is 14.2. The van der Waals surface area contributed by atoms with Gasteiger partial charge in [-0.25, -0.2) is 19.2 Å². The van der Waals surface area contributed by atoms with Gasteiger partial charge in [0.2, 0.25) is 0 Å². The van der Waals surface area contributed by atoms with Crippen molar-refractivity contribution in [2.45, 2.75) is 140 Å². The molecule has 2 aromatic carbocycles. The van der Waals surface area contributed by atoms with Crippen LogP contribution in [0, 0.1) is 11.8 Å². The number of hydrogen-bond acceptors (Lipinski definition) is 17. The second-order valence-corrected chi connectivity index (χ2v) is 31.3. The molecule has 0 radical (unpaired) electrons. The van der Waals surface area contributed by atoms with Gasteiger partial charge in [0.1, 0.15) is 26.4 Å². The van der Waals surface area contributed by atoms with Crippen LogP contribution in [0.15, 0.2) is 97.1 Å². The van der Waals surface area contributed by atoms with Crippen molar-refractivity contribution in [1.29, 1.82) is 0 Å². The Morgan fingerprint density at radius 3 is 1.36 bits per heavy atom. The predicted octanol–water partition coefficient (Wildman–Crippen LogP) is 14.2. The Morgan fingerprint density at radius 1 is 0.579 bits per heavy atom. The number of ether oxygens (including phenoxy) is 4. The van der Waals surface area contributed by atoms with E-state index in [2.05, 4.69) is 37.5 Å². The fourth-order valence-electron chi connectivity index (χ4n) is 9.95. The van der Waals surface area contributed by atoms with Gasteiger partial charge in [-0.2, -0.15) is 0 Å². The van der Waals surface area contributed by atoms with Crippen molar-refractivity contribution in [2.24, 2.45) is 11.8 Å². The summed E-state index contributed by atoms with van der Waals surface area (Å²) in [5.41, 5.74) is 3.14. The molecule has 20 heteroatoms. The van der Waals surface area contributed by atoms with Gasteiger partial charge in [0.25, 0.3) is 0 Å². The molecule has 2 fully saturated rings. The summed E-state index contributed by atoms with van der Waals surface area (Å²) in [4.78, 5) is 60.0. The maximum Gasteiger partial charge on any atom is 0.357 e. The first-order valence-electron chi connectivity index (χ1n) is 26.4. The van der Waals surface area contributed by atoms with Crippen LogP contribution in [0.2, 0.25) is 0 Å². The van der Waals surface area contributed by atoms with Crippen LogP contribution in [0.25, 0.3) is 0 Å². The largest absolute Gasteiger partial charge is 0.459 e. The van der Waals surface area contributed by atoms with E-state index >= 15 is 0 Å². The van der Waals surface area contributed by atoms with E-state index in [4.69, 9.17) is 32.5 Å². The average Bonchev–Trinajstić information content (AvgIpc) is 4.21. The summed E-state index contributed by atoms with van der Waals surface area (Å²) >= 11 is 6.44. The Morgan fingerprint density at radius 2 is 0.947 bits per heavy atom. The Labute approximate surface area is 466 Å². The van der Waals surface area contributed by atoms with Gasteiger partial charge in [0.05, 0.1) is 30.9 Å². The minimum atomic E-state index is -4.06. The normalized spacial score (nSPS) is 24.8. The SMILES string of the molecule is C=C(C)C(=O)OCCOC(=O)c1ccc(CSC2(P(=O)(O)OCC)SC3(CCCCCCCCCCC45C=CC(C4)C(SCc4ccc(C(=O)OCCOC(=O)C(=C)C)cc4)(P(=O)(OCC)OCC)S5)C=CC2C3)cc1. The third-order valence-electron chi connectivity index (χ3n) is 13.7. The molecule has 0 saturated carbocycles. The van der Waals surface area contributed by atoms with Crippen LogP contribution in [0.4, 0.5) is 0 Å². The smallest absolute Gasteiger partial charge is 0.357 e. The van der Waals surface area contributed by atoms with Crippen molar-refractivity contribution in [1.82, 2.24) is 0 Å². The number of carbonyl (C=O) groups excluding carboxylic acids is 4. The number of thioether (sulfide) groups is 4. The summed E-state index contributed by atoms with van der Waals surface area (Å²) in [5.74, 6) is -1.24. The van der Waals surface area contributed by atoms with E-state index in [1.54, 1.807) is 80.3 Å². The van der Waals surface area contributed by atoms with Crippen LogP contribution in [0.1, 0.15) is 144 Å². The number of hydrogen-bond donors (Lipinski definition) is 1. The topological polar surface area (TPSA) is 187 Å². The highest BCUT2D eigenvalue weighted by molar-refractivity contribution is 8.26. The van der Waals surface area contributed by atoms with Gasteiger partial charge in [0.15, 0.2) is 7.64 Å². The lowest BCUT2D eigenvalue weighted by Crippen LogP contribution is -2.30. The first-order valence-corrected chi connectivity index (χ1v) is 33.1.